The normalized spacial score (nSPS) is 15.5. The van der Waals surface area contributed by atoms with Crippen molar-refractivity contribution in [2.24, 2.45) is 0 Å². The summed E-state index contributed by atoms with van der Waals surface area (Å²) in [5.41, 5.74) is 5.95. The third kappa shape index (κ3) is 8.48. The average molecular weight is 527 g/mol. The number of phenolic OH excluding ortho intramolecular Hbond substituents is 1. The molecule has 4 nitrogen and oxygen atoms in total. The van der Waals surface area contributed by atoms with E-state index in [0.29, 0.717) is 5.75 Å². The van der Waals surface area contributed by atoms with Crippen molar-refractivity contribution < 1.29 is 20.1 Å². The maximum absolute atomic E-state index is 10.9. The lowest BCUT2D eigenvalue weighted by Gasteiger charge is -2.36. The van der Waals surface area contributed by atoms with Crippen LogP contribution in [0.5, 0.6) is 11.5 Å². The summed E-state index contributed by atoms with van der Waals surface area (Å²) in [4.78, 5) is 0. The Morgan fingerprint density at radius 3 is 1.92 bits per heavy atom. The number of aliphatic hydroxyl groups excluding tert-OH is 2. The molecule has 0 bridgehead atoms. The van der Waals surface area contributed by atoms with Crippen LogP contribution in [-0.4, -0.2) is 35.6 Å². The van der Waals surface area contributed by atoms with E-state index in [9.17, 15) is 5.11 Å². The van der Waals surface area contributed by atoms with E-state index in [4.69, 9.17) is 14.9 Å². The summed E-state index contributed by atoms with van der Waals surface area (Å²) in [6, 6.07) is 10.6. The maximum atomic E-state index is 10.9. The van der Waals surface area contributed by atoms with E-state index < -0.39 is 0 Å². The first-order valence-electron chi connectivity index (χ1n) is 14.5. The van der Waals surface area contributed by atoms with Gasteiger partial charge in [0.15, 0.2) is 0 Å². The van der Waals surface area contributed by atoms with Gasteiger partial charge >= 0.3 is 0 Å². The number of benzene rings is 2. The summed E-state index contributed by atoms with van der Waals surface area (Å²) in [5.74, 6) is 1.48. The van der Waals surface area contributed by atoms with E-state index in [1.54, 1.807) is 7.11 Å². The second-order valence-corrected chi connectivity index (χ2v) is 13.3. The number of aromatic hydroxyl groups is 1. The SMILES string of the molecule is CC(C)(C)c1cc(CCCO)cc(C2(C)CCCCC2)c1O.COc1c(CCCO)cccc1C(C)(C)C. The summed E-state index contributed by atoms with van der Waals surface area (Å²) in [6.45, 7) is 15.8. The molecule has 1 aliphatic carbocycles. The van der Waals surface area contributed by atoms with Gasteiger partial charge in [0.2, 0.25) is 0 Å². The molecule has 2 aromatic carbocycles. The number of aryl methyl sites for hydroxylation is 2. The molecule has 2 aromatic rings. The highest BCUT2D eigenvalue weighted by molar-refractivity contribution is 5.50. The Labute approximate surface area is 232 Å². The highest BCUT2D eigenvalue weighted by atomic mass is 16.5. The van der Waals surface area contributed by atoms with Gasteiger partial charge < -0.3 is 20.1 Å². The number of hydrogen-bond donors (Lipinski definition) is 3. The van der Waals surface area contributed by atoms with Gasteiger partial charge in [-0.3, -0.25) is 0 Å². The summed E-state index contributed by atoms with van der Waals surface area (Å²) < 4.78 is 5.52. The predicted molar refractivity (Wildman–Crippen MR) is 160 cm³/mol. The minimum atomic E-state index is -0.0704. The molecule has 0 unspecified atom stereocenters. The van der Waals surface area contributed by atoms with Crippen LogP contribution >= 0.6 is 0 Å². The van der Waals surface area contributed by atoms with Gasteiger partial charge in [0.25, 0.3) is 0 Å². The second-order valence-electron chi connectivity index (χ2n) is 13.3. The van der Waals surface area contributed by atoms with Gasteiger partial charge in [-0.25, -0.2) is 0 Å². The highest BCUT2D eigenvalue weighted by Gasteiger charge is 2.34. The quantitative estimate of drug-likeness (QED) is 0.329. The Kier molecular flexibility index (Phi) is 11.7. The summed E-state index contributed by atoms with van der Waals surface area (Å²) in [6.07, 6.45) is 9.44. The second kappa shape index (κ2) is 13.8. The summed E-state index contributed by atoms with van der Waals surface area (Å²) in [7, 11) is 1.72. The van der Waals surface area contributed by atoms with Crippen molar-refractivity contribution in [3.8, 4) is 11.5 Å². The molecule has 0 spiro atoms. The third-order valence-corrected chi connectivity index (χ3v) is 7.92. The number of methoxy groups -OCH3 is 1. The van der Waals surface area contributed by atoms with Crippen molar-refractivity contribution >= 4 is 0 Å². The van der Waals surface area contributed by atoms with Gasteiger partial charge in [0.1, 0.15) is 11.5 Å². The number of para-hydroxylation sites is 1. The van der Waals surface area contributed by atoms with Gasteiger partial charge in [-0.05, 0) is 77.0 Å². The van der Waals surface area contributed by atoms with Gasteiger partial charge in [-0.2, -0.15) is 0 Å². The van der Waals surface area contributed by atoms with Crippen LogP contribution in [0.25, 0.3) is 0 Å². The van der Waals surface area contributed by atoms with Crippen LogP contribution in [0.2, 0.25) is 0 Å². The van der Waals surface area contributed by atoms with Crippen molar-refractivity contribution in [1.29, 1.82) is 0 Å². The van der Waals surface area contributed by atoms with Gasteiger partial charge in [-0.1, -0.05) is 98.1 Å². The number of phenols is 1. The lowest BCUT2D eigenvalue weighted by atomic mass is 9.69. The topological polar surface area (TPSA) is 69.9 Å². The minimum absolute atomic E-state index is 0.0704. The molecule has 3 rings (SSSR count). The number of rotatable bonds is 8. The first-order valence-corrected chi connectivity index (χ1v) is 14.5. The molecule has 38 heavy (non-hydrogen) atoms. The molecule has 0 saturated heterocycles. The van der Waals surface area contributed by atoms with Crippen LogP contribution in [0.15, 0.2) is 30.3 Å². The standard InChI is InChI=1S/C20H32O2.C14H22O2/c1-19(2,3)16-13-15(9-8-12-21)14-17(18(16)22)20(4)10-6-5-7-11-20;1-14(2,3)12-9-5-7-11(8-6-10-15)13(12)16-4/h13-14,21-22H,5-12H2,1-4H3;5,7,9,15H,6,8,10H2,1-4H3. The summed E-state index contributed by atoms with van der Waals surface area (Å²) in [5, 5.41) is 29.0. The molecule has 1 aliphatic rings. The Bertz CT molecular complexity index is 1000. The van der Waals surface area contributed by atoms with Crippen molar-refractivity contribution in [2.75, 3.05) is 20.3 Å². The van der Waals surface area contributed by atoms with E-state index >= 15 is 0 Å². The lowest BCUT2D eigenvalue weighted by Crippen LogP contribution is -2.26. The number of hydrogen-bond acceptors (Lipinski definition) is 4. The molecule has 4 heteroatoms. The van der Waals surface area contributed by atoms with Crippen LogP contribution in [-0.2, 0) is 29.1 Å². The molecule has 0 aliphatic heterocycles. The molecule has 1 saturated carbocycles. The van der Waals surface area contributed by atoms with Crippen LogP contribution in [0.3, 0.4) is 0 Å². The molecule has 0 amide bonds. The van der Waals surface area contributed by atoms with E-state index in [2.05, 4.69) is 78.8 Å². The monoisotopic (exact) mass is 526 g/mol. The Hall–Kier alpha value is -2.04. The van der Waals surface area contributed by atoms with Gasteiger partial charge in [0, 0.05) is 18.8 Å². The van der Waals surface area contributed by atoms with Gasteiger partial charge in [0.05, 0.1) is 7.11 Å². The Morgan fingerprint density at radius 1 is 0.816 bits per heavy atom. The molecule has 0 atom stereocenters. The Morgan fingerprint density at radius 2 is 1.39 bits per heavy atom. The van der Waals surface area contributed by atoms with Crippen LogP contribution in [0, 0.1) is 0 Å². The van der Waals surface area contributed by atoms with Crippen LogP contribution in [0.1, 0.15) is 121 Å². The van der Waals surface area contributed by atoms with Crippen molar-refractivity contribution in [2.45, 2.75) is 122 Å². The number of ether oxygens (including phenoxy) is 1. The smallest absolute Gasteiger partial charge is 0.125 e. The zero-order valence-electron chi connectivity index (χ0n) is 25.4. The fourth-order valence-corrected chi connectivity index (χ4v) is 5.64. The van der Waals surface area contributed by atoms with Crippen molar-refractivity contribution in [1.82, 2.24) is 0 Å². The van der Waals surface area contributed by atoms with E-state index in [-0.39, 0.29) is 29.5 Å². The molecule has 214 valence electrons. The van der Waals surface area contributed by atoms with Crippen molar-refractivity contribution in [3.63, 3.8) is 0 Å². The maximum Gasteiger partial charge on any atom is 0.125 e. The van der Waals surface area contributed by atoms with E-state index in [1.807, 2.05) is 0 Å². The molecular weight excluding hydrogens is 472 g/mol. The minimum Gasteiger partial charge on any atom is -0.507 e. The zero-order chi connectivity index (χ0) is 28.6. The zero-order valence-corrected chi connectivity index (χ0v) is 25.4. The average Bonchev–Trinajstić information content (AvgIpc) is 2.86. The molecule has 0 radical (unpaired) electrons. The first kappa shape index (κ1) is 32.2. The first-order chi connectivity index (χ1) is 17.8. The predicted octanol–water partition coefficient (Wildman–Crippen LogP) is 7.75. The van der Waals surface area contributed by atoms with E-state index in [1.165, 1.54) is 36.0 Å². The molecule has 3 N–H and O–H groups in total. The fraction of sp³-hybridized carbons (Fsp3) is 0.647. The lowest BCUT2D eigenvalue weighted by molar-refractivity contribution is 0.287. The Balaban J connectivity index is 0.000000281. The third-order valence-electron chi connectivity index (χ3n) is 7.92. The molecular formula is C34H54O4. The molecule has 1 fully saturated rings. The number of aliphatic hydroxyl groups is 2. The fourth-order valence-electron chi connectivity index (χ4n) is 5.64. The largest absolute Gasteiger partial charge is 0.507 e. The van der Waals surface area contributed by atoms with E-state index in [0.717, 1.165) is 55.4 Å². The molecule has 0 heterocycles. The van der Waals surface area contributed by atoms with Crippen LogP contribution < -0.4 is 4.74 Å². The summed E-state index contributed by atoms with van der Waals surface area (Å²) >= 11 is 0. The van der Waals surface area contributed by atoms with Crippen molar-refractivity contribution in [3.05, 3.63) is 58.1 Å². The highest BCUT2D eigenvalue weighted by Crippen LogP contribution is 2.46. The van der Waals surface area contributed by atoms with Crippen LogP contribution in [0.4, 0.5) is 0 Å². The molecule has 0 aromatic heterocycles. The van der Waals surface area contributed by atoms with Gasteiger partial charge in [-0.15, -0.1) is 0 Å².